The van der Waals surface area contributed by atoms with E-state index in [1.54, 1.807) is 5.56 Å². The van der Waals surface area contributed by atoms with Gasteiger partial charge in [-0.3, -0.25) is 0 Å². The minimum Gasteiger partial charge on any atom is -0.0619 e. The van der Waals surface area contributed by atoms with Gasteiger partial charge in [0.1, 0.15) is 0 Å². The van der Waals surface area contributed by atoms with Crippen molar-refractivity contribution in [1.29, 1.82) is 0 Å². The van der Waals surface area contributed by atoms with Crippen LogP contribution in [-0.2, 0) is 5.41 Å². The summed E-state index contributed by atoms with van der Waals surface area (Å²) in [7, 11) is 0. The van der Waals surface area contributed by atoms with Crippen LogP contribution in [-0.4, -0.2) is 0 Å². The molecule has 2 aliphatic rings. The van der Waals surface area contributed by atoms with Gasteiger partial charge in [-0.05, 0) is 30.0 Å². The number of hydrogen-bond donors (Lipinski definition) is 0. The van der Waals surface area contributed by atoms with E-state index in [1.165, 1.54) is 35.7 Å². The van der Waals surface area contributed by atoms with Crippen molar-refractivity contribution < 1.29 is 0 Å². The Morgan fingerprint density at radius 2 is 1.79 bits per heavy atom. The maximum atomic E-state index is 3.76. The van der Waals surface area contributed by atoms with Gasteiger partial charge >= 0.3 is 0 Å². The van der Waals surface area contributed by atoms with E-state index in [4.69, 9.17) is 0 Å². The van der Waals surface area contributed by atoms with E-state index >= 15 is 0 Å². The third-order valence-corrected chi connectivity index (χ3v) is 4.66. The van der Waals surface area contributed by atoms with Gasteiger partial charge in [-0.1, -0.05) is 53.0 Å². The molecular formula is C13H13Br. The molecule has 0 heterocycles. The topological polar surface area (TPSA) is 0 Å². The summed E-state index contributed by atoms with van der Waals surface area (Å²) in [6.45, 7) is 0. The molecule has 2 aliphatic carbocycles. The average molecular weight is 249 g/mol. The number of allylic oxidation sites excluding steroid dienone is 1. The number of benzene rings is 1. The number of halogens is 1. The Morgan fingerprint density at radius 3 is 2.57 bits per heavy atom. The van der Waals surface area contributed by atoms with E-state index in [2.05, 4.69) is 46.3 Å². The lowest BCUT2D eigenvalue weighted by atomic mass is 9.81. The first kappa shape index (κ1) is 8.72. The van der Waals surface area contributed by atoms with E-state index in [-0.39, 0.29) is 0 Å². The molecule has 1 aromatic rings. The highest BCUT2D eigenvalue weighted by atomic mass is 79.9. The van der Waals surface area contributed by atoms with Gasteiger partial charge < -0.3 is 0 Å². The van der Waals surface area contributed by atoms with Crippen LogP contribution in [0.15, 0.2) is 28.7 Å². The maximum Gasteiger partial charge on any atom is 0.0275 e. The van der Waals surface area contributed by atoms with Crippen LogP contribution >= 0.6 is 15.9 Å². The zero-order valence-electron chi connectivity index (χ0n) is 8.09. The van der Waals surface area contributed by atoms with Gasteiger partial charge in [0.05, 0.1) is 0 Å². The first-order valence-electron chi connectivity index (χ1n) is 5.30. The van der Waals surface area contributed by atoms with E-state index in [0.717, 1.165) is 0 Å². The Kier molecular flexibility index (Phi) is 1.85. The Morgan fingerprint density at radius 1 is 1.07 bits per heavy atom. The predicted octanol–water partition coefficient (Wildman–Crippen LogP) is 4.25. The Bertz CT molecular complexity index is 397. The summed E-state index contributed by atoms with van der Waals surface area (Å²) in [6, 6.07) is 8.82. The van der Waals surface area contributed by atoms with Crippen molar-refractivity contribution in [2.45, 2.75) is 31.1 Å². The van der Waals surface area contributed by atoms with Crippen molar-refractivity contribution in [2.24, 2.45) is 0 Å². The van der Waals surface area contributed by atoms with Gasteiger partial charge in [-0.2, -0.15) is 0 Å². The first-order chi connectivity index (χ1) is 6.83. The lowest BCUT2D eigenvalue weighted by Crippen LogP contribution is -2.19. The Hall–Kier alpha value is -0.560. The molecule has 0 N–H and O–H groups in total. The molecular weight excluding hydrogens is 236 g/mol. The van der Waals surface area contributed by atoms with Gasteiger partial charge in [-0.15, -0.1) is 0 Å². The molecule has 1 heteroatoms. The number of fused-ring (bicyclic) bond motifs is 2. The molecule has 14 heavy (non-hydrogen) atoms. The zero-order valence-corrected chi connectivity index (χ0v) is 9.68. The van der Waals surface area contributed by atoms with Crippen LogP contribution in [0.4, 0.5) is 0 Å². The molecule has 0 unspecified atom stereocenters. The largest absolute Gasteiger partial charge is 0.0619 e. The standard InChI is InChI=1S/C13H13Br/c14-12-9-10-5-1-2-6-11(10)13(12)7-3-4-8-13/h1-2,5-6,9H,3-4,7-8H2. The molecule has 0 bridgehead atoms. The molecule has 1 aromatic carbocycles. The van der Waals surface area contributed by atoms with E-state index < -0.39 is 0 Å². The van der Waals surface area contributed by atoms with Crippen LogP contribution in [0, 0.1) is 0 Å². The van der Waals surface area contributed by atoms with Gasteiger partial charge in [0.15, 0.2) is 0 Å². The van der Waals surface area contributed by atoms with Crippen molar-refractivity contribution in [3.8, 4) is 0 Å². The van der Waals surface area contributed by atoms with E-state index in [1.807, 2.05) is 0 Å². The maximum absolute atomic E-state index is 3.76. The van der Waals surface area contributed by atoms with Gasteiger partial charge in [0.2, 0.25) is 0 Å². The SMILES string of the molecule is BrC1=Cc2ccccc2C12CCCC2. The zero-order chi connectivity index (χ0) is 9.60. The van der Waals surface area contributed by atoms with Crippen LogP contribution in [0.1, 0.15) is 36.8 Å². The number of rotatable bonds is 0. The highest BCUT2D eigenvalue weighted by Crippen LogP contribution is 2.54. The van der Waals surface area contributed by atoms with E-state index in [9.17, 15) is 0 Å². The third-order valence-electron chi connectivity index (χ3n) is 3.67. The summed E-state index contributed by atoms with van der Waals surface area (Å²) < 4.78 is 1.41. The van der Waals surface area contributed by atoms with Gasteiger partial charge in [0.25, 0.3) is 0 Å². The van der Waals surface area contributed by atoms with Crippen molar-refractivity contribution in [1.82, 2.24) is 0 Å². The fourth-order valence-corrected chi connectivity index (χ4v) is 3.81. The second-order valence-electron chi connectivity index (χ2n) is 4.37. The fraction of sp³-hybridized carbons (Fsp3) is 0.385. The van der Waals surface area contributed by atoms with Crippen molar-refractivity contribution in [3.05, 3.63) is 39.9 Å². The van der Waals surface area contributed by atoms with Crippen molar-refractivity contribution >= 4 is 22.0 Å². The second kappa shape index (κ2) is 2.96. The van der Waals surface area contributed by atoms with Gasteiger partial charge in [0, 0.05) is 9.90 Å². The summed E-state index contributed by atoms with van der Waals surface area (Å²) >= 11 is 3.76. The molecule has 0 radical (unpaired) electrons. The van der Waals surface area contributed by atoms with Gasteiger partial charge in [-0.25, -0.2) is 0 Å². The second-order valence-corrected chi connectivity index (χ2v) is 5.22. The number of hydrogen-bond acceptors (Lipinski definition) is 0. The molecule has 1 fully saturated rings. The molecule has 0 aromatic heterocycles. The monoisotopic (exact) mass is 248 g/mol. The van der Waals surface area contributed by atoms with Crippen LogP contribution in [0.25, 0.3) is 6.08 Å². The molecule has 0 saturated heterocycles. The lowest BCUT2D eigenvalue weighted by molar-refractivity contribution is 0.561. The molecule has 1 spiro atoms. The van der Waals surface area contributed by atoms with Crippen molar-refractivity contribution in [3.63, 3.8) is 0 Å². The Labute approximate surface area is 93.2 Å². The quantitative estimate of drug-likeness (QED) is 0.644. The molecule has 0 aliphatic heterocycles. The molecule has 1 saturated carbocycles. The van der Waals surface area contributed by atoms with Crippen LogP contribution in [0.5, 0.6) is 0 Å². The highest BCUT2D eigenvalue weighted by Gasteiger charge is 2.42. The Balaban J connectivity index is 2.20. The minimum atomic E-state index is 0.358. The summed E-state index contributed by atoms with van der Waals surface area (Å²) in [4.78, 5) is 0. The minimum absolute atomic E-state index is 0.358. The molecule has 0 atom stereocenters. The highest BCUT2D eigenvalue weighted by molar-refractivity contribution is 9.11. The van der Waals surface area contributed by atoms with Crippen LogP contribution in [0.2, 0.25) is 0 Å². The molecule has 72 valence electrons. The molecule has 0 amide bonds. The van der Waals surface area contributed by atoms with Crippen molar-refractivity contribution in [2.75, 3.05) is 0 Å². The summed E-state index contributed by atoms with van der Waals surface area (Å²) in [5.41, 5.74) is 3.32. The summed E-state index contributed by atoms with van der Waals surface area (Å²) in [5.74, 6) is 0. The third kappa shape index (κ3) is 0.993. The summed E-state index contributed by atoms with van der Waals surface area (Å²) in [6.07, 6.45) is 7.69. The smallest absolute Gasteiger partial charge is 0.0275 e. The molecule has 0 nitrogen and oxygen atoms in total. The average Bonchev–Trinajstić information content (AvgIpc) is 2.77. The van der Waals surface area contributed by atoms with Crippen LogP contribution in [0.3, 0.4) is 0 Å². The lowest BCUT2D eigenvalue weighted by Gasteiger charge is -2.25. The predicted molar refractivity (Wildman–Crippen MR) is 63.5 cm³/mol. The van der Waals surface area contributed by atoms with Crippen LogP contribution < -0.4 is 0 Å². The summed E-state index contributed by atoms with van der Waals surface area (Å²) in [5, 5.41) is 0. The van der Waals surface area contributed by atoms with E-state index in [0.29, 0.717) is 5.41 Å². The fourth-order valence-electron chi connectivity index (χ4n) is 2.95. The normalized spacial score (nSPS) is 22.5. The first-order valence-corrected chi connectivity index (χ1v) is 6.09. The molecule has 3 rings (SSSR count).